The molecule has 4 nitrogen and oxygen atoms in total. The molecule has 0 bridgehead atoms. The number of pyridine rings is 1. The van der Waals surface area contributed by atoms with Gasteiger partial charge in [-0.15, -0.1) is 0 Å². The van der Waals surface area contributed by atoms with Gasteiger partial charge >= 0.3 is 0 Å². The molecular formula is C14H23N3O. The number of nitrogen functional groups attached to an aromatic ring is 1. The number of nitrogens with two attached hydrogens (primary N) is 1. The van der Waals surface area contributed by atoms with Crippen molar-refractivity contribution in [2.45, 2.75) is 45.6 Å². The van der Waals surface area contributed by atoms with Crippen molar-refractivity contribution in [3.8, 4) is 5.88 Å². The highest BCUT2D eigenvalue weighted by Gasteiger charge is 2.32. The standard InChI is InChI=1S/C14H23N3O/c1-14(2)9-5-4-6-11(14)16-12-8-7-10(15)13(17-12)18-3/h7-8,11H,4-6,9,15H2,1-3H3,(H,16,17). The van der Waals surface area contributed by atoms with E-state index in [0.29, 0.717) is 23.0 Å². The van der Waals surface area contributed by atoms with E-state index < -0.39 is 0 Å². The van der Waals surface area contributed by atoms with Gasteiger partial charge in [0.05, 0.1) is 12.8 Å². The van der Waals surface area contributed by atoms with E-state index in [9.17, 15) is 0 Å². The van der Waals surface area contributed by atoms with Gasteiger partial charge in [-0.05, 0) is 30.4 Å². The fraction of sp³-hybridized carbons (Fsp3) is 0.643. The van der Waals surface area contributed by atoms with E-state index in [4.69, 9.17) is 10.5 Å². The van der Waals surface area contributed by atoms with Crippen LogP contribution in [0.5, 0.6) is 5.88 Å². The van der Waals surface area contributed by atoms with Gasteiger partial charge in [0, 0.05) is 6.04 Å². The Bertz CT molecular complexity index is 418. The van der Waals surface area contributed by atoms with E-state index >= 15 is 0 Å². The normalized spacial score (nSPS) is 22.5. The van der Waals surface area contributed by atoms with Crippen LogP contribution in [0, 0.1) is 5.41 Å². The molecule has 1 aromatic rings. The minimum atomic E-state index is 0.314. The summed E-state index contributed by atoms with van der Waals surface area (Å²) in [5.41, 5.74) is 6.66. The lowest BCUT2D eigenvalue weighted by molar-refractivity contribution is 0.216. The van der Waals surface area contributed by atoms with Crippen LogP contribution in [0.15, 0.2) is 12.1 Å². The summed E-state index contributed by atoms with van der Waals surface area (Å²) >= 11 is 0. The Morgan fingerprint density at radius 2 is 2.17 bits per heavy atom. The molecule has 0 amide bonds. The van der Waals surface area contributed by atoms with Crippen LogP contribution in [0.4, 0.5) is 11.5 Å². The maximum atomic E-state index is 5.77. The fourth-order valence-electron chi connectivity index (χ4n) is 2.64. The topological polar surface area (TPSA) is 60.2 Å². The Balaban J connectivity index is 2.13. The van der Waals surface area contributed by atoms with Gasteiger partial charge in [0.15, 0.2) is 0 Å². The van der Waals surface area contributed by atoms with E-state index in [0.717, 1.165) is 5.82 Å². The minimum Gasteiger partial charge on any atom is -0.479 e. The molecule has 1 fully saturated rings. The number of methoxy groups -OCH3 is 1. The number of ether oxygens (including phenoxy) is 1. The lowest BCUT2D eigenvalue weighted by atomic mass is 9.73. The van der Waals surface area contributed by atoms with Crippen LogP contribution in [0.3, 0.4) is 0 Å². The molecule has 0 aromatic carbocycles. The molecule has 0 spiro atoms. The van der Waals surface area contributed by atoms with Crippen LogP contribution in [0.2, 0.25) is 0 Å². The molecular weight excluding hydrogens is 226 g/mol. The highest BCUT2D eigenvalue weighted by Crippen LogP contribution is 2.37. The van der Waals surface area contributed by atoms with Gasteiger partial charge in [0.2, 0.25) is 5.88 Å². The molecule has 3 N–H and O–H groups in total. The van der Waals surface area contributed by atoms with E-state index in [1.807, 2.05) is 12.1 Å². The van der Waals surface area contributed by atoms with Crippen molar-refractivity contribution < 1.29 is 4.74 Å². The van der Waals surface area contributed by atoms with Gasteiger partial charge in [-0.25, -0.2) is 0 Å². The quantitative estimate of drug-likeness (QED) is 0.864. The first-order chi connectivity index (χ1) is 8.53. The Morgan fingerprint density at radius 3 is 2.83 bits per heavy atom. The summed E-state index contributed by atoms with van der Waals surface area (Å²) in [6.45, 7) is 4.64. The van der Waals surface area contributed by atoms with Crippen LogP contribution in [-0.4, -0.2) is 18.1 Å². The van der Waals surface area contributed by atoms with Crippen LogP contribution in [-0.2, 0) is 0 Å². The molecule has 0 radical (unpaired) electrons. The predicted molar refractivity (Wildman–Crippen MR) is 74.9 cm³/mol. The number of aromatic nitrogens is 1. The number of hydrogen-bond donors (Lipinski definition) is 2. The molecule has 1 saturated carbocycles. The van der Waals surface area contributed by atoms with Crippen LogP contribution >= 0.6 is 0 Å². The lowest BCUT2D eigenvalue weighted by Gasteiger charge is -2.39. The van der Waals surface area contributed by atoms with E-state index in [2.05, 4.69) is 24.1 Å². The number of nitrogens with zero attached hydrogens (tertiary/aromatic N) is 1. The van der Waals surface area contributed by atoms with Gasteiger partial charge in [-0.2, -0.15) is 4.98 Å². The monoisotopic (exact) mass is 249 g/mol. The van der Waals surface area contributed by atoms with Crippen LogP contribution in [0.25, 0.3) is 0 Å². The lowest BCUT2D eigenvalue weighted by Crippen LogP contribution is -2.39. The third-order valence-corrected chi connectivity index (χ3v) is 3.91. The number of rotatable bonds is 3. The summed E-state index contributed by atoms with van der Waals surface area (Å²) in [7, 11) is 1.59. The second-order valence-corrected chi connectivity index (χ2v) is 5.73. The van der Waals surface area contributed by atoms with Gasteiger partial charge < -0.3 is 15.8 Å². The number of nitrogens with one attached hydrogen (secondary N) is 1. The van der Waals surface area contributed by atoms with Crippen LogP contribution < -0.4 is 15.8 Å². The van der Waals surface area contributed by atoms with Crippen molar-refractivity contribution in [2.75, 3.05) is 18.2 Å². The predicted octanol–water partition coefficient (Wildman–Crippen LogP) is 3.05. The first-order valence-electron chi connectivity index (χ1n) is 6.60. The molecule has 18 heavy (non-hydrogen) atoms. The summed E-state index contributed by atoms with van der Waals surface area (Å²) in [6.07, 6.45) is 5.06. The molecule has 0 saturated heterocycles. The number of hydrogen-bond acceptors (Lipinski definition) is 4. The zero-order chi connectivity index (χ0) is 13.2. The molecule has 1 atom stereocenters. The third kappa shape index (κ3) is 2.68. The highest BCUT2D eigenvalue weighted by atomic mass is 16.5. The highest BCUT2D eigenvalue weighted by molar-refractivity contribution is 5.53. The average Bonchev–Trinajstić information content (AvgIpc) is 2.34. The first kappa shape index (κ1) is 13.0. The second kappa shape index (κ2) is 5.04. The maximum absolute atomic E-state index is 5.77. The van der Waals surface area contributed by atoms with Crippen molar-refractivity contribution >= 4 is 11.5 Å². The molecule has 1 unspecified atom stereocenters. The van der Waals surface area contributed by atoms with Gasteiger partial charge in [-0.3, -0.25) is 0 Å². The molecule has 2 rings (SSSR count). The van der Waals surface area contributed by atoms with Gasteiger partial charge in [0.1, 0.15) is 5.82 Å². The summed E-state index contributed by atoms with van der Waals surface area (Å²) in [5.74, 6) is 1.34. The summed E-state index contributed by atoms with van der Waals surface area (Å²) in [4.78, 5) is 4.39. The third-order valence-electron chi connectivity index (χ3n) is 3.91. The zero-order valence-electron chi connectivity index (χ0n) is 11.5. The van der Waals surface area contributed by atoms with E-state index in [1.54, 1.807) is 7.11 Å². The van der Waals surface area contributed by atoms with Crippen molar-refractivity contribution in [3.05, 3.63) is 12.1 Å². The Hall–Kier alpha value is -1.45. The number of anilines is 2. The van der Waals surface area contributed by atoms with Gasteiger partial charge in [0.25, 0.3) is 0 Å². The van der Waals surface area contributed by atoms with Gasteiger partial charge in [-0.1, -0.05) is 26.7 Å². The molecule has 0 aliphatic heterocycles. The molecule has 100 valence electrons. The maximum Gasteiger partial charge on any atom is 0.238 e. The SMILES string of the molecule is COc1nc(NC2CCCCC2(C)C)ccc1N. The molecule has 1 aromatic heterocycles. The molecule has 1 aliphatic rings. The second-order valence-electron chi connectivity index (χ2n) is 5.73. The first-order valence-corrected chi connectivity index (χ1v) is 6.60. The zero-order valence-corrected chi connectivity index (χ0v) is 11.5. The van der Waals surface area contributed by atoms with Crippen molar-refractivity contribution in [3.63, 3.8) is 0 Å². The molecule has 4 heteroatoms. The molecule has 1 aliphatic carbocycles. The molecule has 1 heterocycles. The summed E-state index contributed by atoms with van der Waals surface area (Å²) in [5, 5.41) is 3.53. The Kier molecular flexibility index (Phi) is 3.64. The minimum absolute atomic E-state index is 0.314. The summed E-state index contributed by atoms with van der Waals surface area (Å²) in [6, 6.07) is 4.22. The van der Waals surface area contributed by atoms with Crippen molar-refractivity contribution in [1.29, 1.82) is 0 Å². The van der Waals surface area contributed by atoms with E-state index in [-0.39, 0.29) is 0 Å². The van der Waals surface area contributed by atoms with Crippen LogP contribution in [0.1, 0.15) is 39.5 Å². The Labute approximate surface area is 109 Å². The smallest absolute Gasteiger partial charge is 0.238 e. The largest absolute Gasteiger partial charge is 0.479 e. The van der Waals surface area contributed by atoms with E-state index in [1.165, 1.54) is 25.7 Å². The summed E-state index contributed by atoms with van der Waals surface area (Å²) < 4.78 is 5.15. The van der Waals surface area contributed by atoms with Crippen molar-refractivity contribution in [1.82, 2.24) is 4.98 Å². The average molecular weight is 249 g/mol. The fourth-order valence-corrected chi connectivity index (χ4v) is 2.64. The Morgan fingerprint density at radius 1 is 1.39 bits per heavy atom. The van der Waals surface area contributed by atoms with Crippen molar-refractivity contribution in [2.24, 2.45) is 5.41 Å².